The number of rotatable bonds is 5. The van der Waals surface area contributed by atoms with Crippen molar-refractivity contribution in [3.8, 4) is 6.07 Å². The average molecular weight is 372 g/mol. The van der Waals surface area contributed by atoms with Crippen molar-refractivity contribution in [2.24, 2.45) is 7.05 Å². The summed E-state index contributed by atoms with van der Waals surface area (Å²) in [6.07, 6.45) is 3.50. The zero-order chi connectivity index (χ0) is 18.7. The summed E-state index contributed by atoms with van der Waals surface area (Å²) in [6, 6.07) is 10.5. The van der Waals surface area contributed by atoms with Gasteiger partial charge in [-0.05, 0) is 36.6 Å². The number of carbonyl (C=O) groups excluding carboxylic acids is 1. The van der Waals surface area contributed by atoms with Crippen molar-refractivity contribution >= 4 is 21.6 Å². The van der Waals surface area contributed by atoms with Crippen molar-refractivity contribution in [1.82, 2.24) is 8.87 Å². The van der Waals surface area contributed by atoms with Crippen LogP contribution in [0.2, 0.25) is 0 Å². The molecule has 1 aromatic heterocycles. The smallest absolute Gasteiger partial charge is 0.272 e. The van der Waals surface area contributed by atoms with Gasteiger partial charge in [-0.15, -0.1) is 0 Å². The van der Waals surface area contributed by atoms with Crippen LogP contribution in [0, 0.1) is 11.3 Å². The summed E-state index contributed by atoms with van der Waals surface area (Å²) in [6.45, 7) is 1.04. The molecule has 1 aromatic carbocycles. The third-order valence-electron chi connectivity index (χ3n) is 4.41. The van der Waals surface area contributed by atoms with Gasteiger partial charge in [0.15, 0.2) is 0 Å². The highest BCUT2D eigenvalue weighted by atomic mass is 32.2. The van der Waals surface area contributed by atoms with Crippen LogP contribution in [0.15, 0.2) is 41.4 Å². The van der Waals surface area contributed by atoms with Crippen LogP contribution >= 0.6 is 0 Å². The molecular weight excluding hydrogens is 352 g/mol. The van der Waals surface area contributed by atoms with E-state index in [1.807, 2.05) is 0 Å². The molecule has 2 aromatic rings. The molecular formula is C18H20N4O3S. The Balaban J connectivity index is 1.78. The lowest BCUT2D eigenvalue weighted by molar-refractivity contribution is 0.101. The molecule has 1 aliphatic heterocycles. The SMILES string of the molecule is Cn1cc(S(=O)(=O)N2CCCC2)cc1C(=O)Nc1ccc(CC#N)cc1. The Hall–Kier alpha value is -2.63. The van der Waals surface area contributed by atoms with E-state index in [-0.39, 0.29) is 16.5 Å². The van der Waals surface area contributed by atoms with Gasteiger partial charge in [-0.3, -0.25) is 4.79 Å². The summed E-state index contributed by atoms with van der Waals surface area (Å²) in [4.78, 5) is 12.6. The van der Waals surface area contributed by atoms with Gasteiger partial charge in [-0.1, -0.05) is 12.1 Å². The fourth-order valence-corrected chi connectivity index (χ4v) is 4.56. The number of carbonyl (C=O) groups is 1. The Bertz CT molecular complexity index is 949. The predicted octanol–water partition coefficient (Wildman–Crippen LogP) is 2.13. The number of benzene rings is 1. The fraction of sp³-hybridized carbons (Fsp3) is 0.333. The highest BCUT2D eigenvalue weighted by Gasteiger charge is 2.29. The highest BCUT2D eigenvalue weighted by molar-refractivity contribution is 7.89. The molecule has 1 aliphatic rings. The molecule has 7 nitrogen and oxygen atoms in total. The van der Waals surface area contributed by atoms with Gasteiger partial charge in [0.05, 0.1) is 12.5 Å². The second-order valence-electron chi connectivity index (χ2n) is 6.27. The van der Waals surface area contributed by atoms with E-state index in [1.165, 1.54) is 21.1 Å². The van der Waals surface area contributed by atoms with E-state index in [1.54, 1.807) is 31.3 Å². The number of sulfonamides is 1. The van der Waals surface area contributed by atoms with Gasteiger partial charge in [0, 0.05) is 32.0 Å². The molecule has 1 saturated heterocycles. The first kappa shape index (κ1) is 18.2. The van der Waals surface area contributed by atoms with Crippen molar-refractivity contribution in [3.63, 3.8) is 0 Å². The molecule has 0 atom stereocenters. The lowest BCUT2D eigenvalue weighted by Gasteiger charge is -2.13. The van der Waals surface area contributed by atoms with E-state index >= 15 is 0 Å². The topological polar surface area (TPSA) is 95.2 Å². The average Bonchev–Trinajstić information content (AvgIpc) is 3.27. The molecule has 1 amide bonds. The Morgan fingerprint density at radius 1 is 1.23 bits per heavy atom. The maximum atomic E-state index is 12.6. The van der Waals surface area contributed by atoms with Crippen molar-refractivity contribution in [1.29, 1.82) is 5.26 Å². The van der Waals surface area contributed by atoms with E-state index in [0.29, 0.717) is 25.2 Å². The molecule has 3 rings (SSSR count). The Kier molecular flexibility index (Phi) is 5.11. The molecule has 0 spiro atoms. The van der Waals surface area contributed by atoms with Gasteiger partial charge in [0.2, 0.25) is 10.0 Å². The summed E-state index contributed by atoms with van der Waals surface area (Å²) in [7, 11) is -1.91. The van der Waals surface area contributed by atoms with E-state index < -0.39 is 10.0 Å². The molecule has 136 valence electrons. The van der Waals surface area contributed by atoms with Crippen LogP contribution in [0.25, 0.3) is 0 Å². The monoisotopic (exact) mass is 372 g/mol. The molecule has 0 bridgehead atoms. The summed E-state index contributed by atoms with van der Waals surface area (Å²) in [5.41, 5.74) is 1.72. The number of aromatic nitrogens is 1. The van der Waals surface area contributed by atoms with Crippen molar-refractivity contribution in [2.45, 2.75) is 24.2 Å². The summed E-state index contributed by atoms with van der Waals surface area (Å²) >= 11 is 0. The van der Waals surface area contributed by atoms with E-state index in [9.17, 15) is 13.2 Å². The van der Waals surface area contributed by atoms with E-state index in [0.717, 1.165) is 18.4 Å². The normalized spacial score (nSPS) is 14.9. The number of nitrogens with one attached hydrogen (secondary N) is 1. The number of nitriles is 1. The zero-order valence-electron chi connectivity index (χ0n) is 14.5. The Labute approximate surface area is 152 Å². The van der Waals surface area contributed by atoms with Crippen LogP contribution in [0.4, 0.5) is 5.69 Å². The minimum atomic E-state index is -3.56. The van der Waals surface area contributed by atoms with Gasteiger partial charge in [0.1, 0.15) is 10.6 Å². The quantitative estimate of drug-likeness (QED) is 0.870. The lowest BCUT2D eigenvalue weighted by atomic mass is 10.1. The fourth-order valence-electron chi connectivity index (χ4n) is 2.97. The van der Waals surface area contributed by atoms with Crippen LogP contribution < -0.4 is 5.32 Å². The number of hydrogen-bond acceptors (Lipinski definition) is 4. The number of anilines is 1. The second kappa shape index (κ2) is 7.32. The van der Waals surface area contributed by atoms with E-state index in [2.05, 4.69) is 11.4 Å². The largest absolute Gasteiger partial charge is 0.345 e. The number of hydrogen-bond donors (Lipinski definition) is 1. The standard InChI is InChI=1S/C18H20N4O3S/c1-21-13-16(26(24,25)22-10-2-3-11-22)12-17(21)18(23)20-15-6-4-14(5-7-15)8-9-19/h4-7,12-13H,2-3,8,10-11H2,1H3,(H,20,23). The number of nitrogens with zero attached hydrogens (tertiary/aromatic N) is 3. The van der Waals surface area contributed by atoms with Crippen LogP contribution in [0.3, 0.4) is 0 Å². The van der Waals surface area contributed by atoms with Crippen LogP contribution in [-0.4, -0.2) is 36.3 Å². The summed E-state index contributed by atoms with van der Waals surface area (Å²) in [5.74, 6) is -0.386. The van der Waals surface area contributed by atoms with Crippen molar-refractivity contribution in [3.05, 3.63) is 47.8 Å². The second-order valence-corrected chi connectivity index (χ2v) is 8.21. The molecule has 0 radical (unpaired) electrons. The van der Waals surface area contributed by atoms with Gasteiger partial charge < -0.3 is 9.88 Å². The van der Waals surface area contributed by atoms with Crippen LogP contribution in [0.1, 0.15) is 28.9 Å². The molecule has 8 heteroatoms. The first-order valence-electron chi connectivity index (χ1n) is 8.35. The van der Waals surface area contributed by atoms with Crippen molar-refractivity contribution in [2.75, 3.05) is 18.4 Å². The molecule has 2 heterocycles. The first-order chi connectivity index (χ1) is 12.4. The van der Waals surface area contributed by atoms with Crippen LogP contribution in [0.5, 0.6) is 0 Å². The third-order valence-corrected chi connectivity index (χ3v) is 6.27. The van der Waals surface area contributed by atoms with Gasteiger partial charge in [0.25, 0.3) is 5.91 Å². The summed E-state index contributed by atoms with van der Waals surface area (Å²) in [5, 5.41) is 11.4. The molecule has 1 N–H and O–H groups in total. The van der Waals surface area contributed by atoms with E-state index in [4.69, 9.17) is 5.26 Å². The maximum Gasteiger partial charge on any atom is 0.272 e. The molecule has 0 aliphatic carbocycles. The molecule has 26 heavy (non-hydrogen) atoms. The summed E-state index contributed by atoms with van der Waals surface area (Å²) < 4.78 is 28.2. The lowest BCUT2D eigenvalue weighted by Crippen LogP contribution is -2.27. The minimum absolute atomic E-state index is 0.136. The highest BCUT2D eigenvalue weighted by Crippen LogP contribution is 2.23. The third kappa shape index (κ3) is 3.64. The number of aryl methyl sites for hydroxylation is 1. The van der Waals surface area contributed by atoms with Crippen LogP contribution in [-0.2, 0) is 23.5 Å². The Morgan fingerprint density at radius 2 is 1.88 bits per heavy atom. The van der Waals surface area contributed by atoms with Crippen molar-refractivity contribution < 1.29 is 13.2 Å². The number of amides is 1. The predicted molar refractivity (Wildman–Crippen MR) is 97.1 cm³/mol. The van der Waals surface area contributed by atoms with Gasteiger partial charge >= 0.3 is 0 Å². The molecule has 1 fully saturated rings. The molecule has 0 unspecified atom stereocenters. The zero-order valence-corrected chi connectivity index (χ0v) is 15.3. The van der Waals surface area contributed by atoms with Gasteiger partial charge in [-0.2, -0.15) is 9.57 Å². The van der Waals surface area contributed by atoms with Gasteiger partial charge in [-0.25, -0.2) is 8.42 Å². The molecule has 0 saturated carbocycles. The minimum Gasteiger partial charge on any atom is -0.345 e. The maximum absolute atomic E-state index is 12.6. The first-order valence-corrected chi connectivity index (χ1v) is 9.79. The Morgan fingerprint density at radius 3 is 2.50 bits per heavy atom.